The first-order chi connectivity index (χ1) is 9.13. The Morgan fingerprint density at radius 3 is 2.74 bits per heavy atom. The van der Waals surface area contributed by atoms with E-state index in [1.165, 1.54) is 14.7 Å². The van der Waals surface area contributed by atoms with Crippen LogP contribution in [0.1, 0.15) is 36.3 Å². The molecule has 1 aromatic heterocycles. The van der Waals surface area contributed by atoms with Crippen LogP contribution in [0.3, 0.4) is 0 Å². The number of benzene rings is 1. The van der Waals surface area contributed by atoms with Crippen molar-refractivity contribution in [2.24, 2.45) is 0 Å². The summed E-state index contributed by atoms with van der Waals surface area (Å²) in [4.78, 5) is 0. The summed E-state index contributed by atoms with van der Waals surface area (Å²) in [6.07, 6.45) is 1.10. The topological polar surface area (TPSA) is 25.2 Å². The van der Waals surface area contributed by atoms with Gasteiger partial charge in [0.05, 0.1) is 6.04 Å². The van der Waals surface area contributed by atoms with Crippen molar-refractivity contribution >= 4 is 38.5 Å². The molecule has 0 amide bonds. The van der Waals surface area contributed by atoms with Gasteiger partial charge in [-0.15, -0.1) is 0 Å². The Labute approximate surface area is 136 Å². The van der Waals surface area contributed by atoms with E-state index in [-0.39, 0.29) is 6.04 Å². The van der Waals surface area contributed by atoms with Crippen LogP contribution in [0.5, 0.6) is 0 Å². The van der Waals surface area contributed by atoms with Gasteiger partial charge in [0.2, 0.25) is 0 Å². The van der Waals surface area contributed by atoms with Crippen molar-refractivity contribution in [1.82, 2.24) is 5.32 Å². The summed E-state index contributed by atoms with van der Waals surface area (Å²) in [5.74, 6) is 0.948. The highest BCUT2D eigenvalue weighted by atomic mass is 127. The van der Waals surface area contributed by atoms with E-state index in [4.69, 9.17) is 4.42 Å². The van der Waals surface area contributed by atoms with E-state index in [0.29, 0.717) is 0 Å². The standard InChI is InChI=1S/C15H17BrINO/c1-3-9-18-15(12-7-8-13(16)19-12)11-6-4-5-10(2)14(11)17/h4-8,15,18H,3,9H2,1-2H3. The number of halogens is 2. The molecular formula is C15H17BrINO. The molecule has 102 valence electrons. The monoisotopic (exact) mass is 433 g/mol. The van der Waals surface area contributed by atoms with Gasteiger partial charge in [-0.05, 0) is 81.7 Å². The molecule has 0 fully saturated rings. The minimum absolute atomic E-state index is 0.109. The van der Waals surface area contributed by atoms with Crippen molar-refractivity contribution in [3.63, 3.8) is 0 Å². The van der Waals surface area contributed by atoms with E-state index < -0.39 is 0 Å². The van der Waals surface area contributed by atoms with Gasteiger partial charge in [-0.2, -0.15) is 0 Å². The number of aryl methyl sites for hydroxylation is 1. The fraction of sp³-hybridized carbons (Fsp3) is 0.333. The minimum atomic E-state index is 0.109. The first kappa shape index (κ1) is 15.1. The summed E-state index contributed by atoms with van der Waals surface area (Å²) in [6.45, 7) is 5.27. The van der Waals surface area contributed by atoms with Crippen molar-refractivity contribution in [2.45, 2.75) is 26.3 Å². The normalized spacial score (nSPS) is 12.6. The van der Waals surface area contributed by atoms with Crippen molar-refractivity contribution in [2.75, 3.05) is 6.54 Å². The van der Waals surface area contributed by atoms with Crippen LogP contribution >= 0.6 is 38.5 Å². The number of nitrogens with one attached hydrogen (secondary N) is 1. The lowest BCUT2D eigenvalue weighted by atomic mass is 10.0. The zero-order valence-electron chi connectivity index (χ0n) is 11.0. The third-order valence-corrected chi connectivity index (χ3v) is 4.91. The van der Waals surface area contributed by atoms with Gasteiger partial charge in [0.25, 0.3) is 0 Å². The molecule has 4 heteroatoms. The Bertz CT molecular complexity index is 553. The van der Waals surface area contributed by atoms with Gasteiger partial charge in [-0.1, -0.05) is 25.1 Å². The Morgan fingerprint density at radius 2 is 2.11 bits per heavy atom. The molecule has 0 spiro atoms. The van der Waals surface area contributed by atoms with Gasteiger partial charge in [-0.3, -0.25) is 0 Å². The van der Waals surface area contributed by atoms with Gasteiger partial charge in [0, 0.05) is 3.57 Å². The first-order valence-corrected chi connectivity index (χ1v) is 8.24. The lowest BCUT2D eigenvalue weighted by Crippen LogP contribution is -2.23. The summed E-state index contributed by atoms with van der Waals surface area (Å²) in [5.41, 5.74) is 2.57. The number of hydrogen-bond acceptors (Lipinski definition) is 2. The van der Waals surface area contributed by atoms with Crippen molar-refractivity contribution < 1.29 is 4.42 Å². The van der Waals surface area contributed by atoms with E-state index in [1.807, 2.05) is 12.1 Å². The highest BCUT2D eigenvalue weighted by Crippen LogP contribution is 2.30. The fourth-order valence-electron chi connectivity index (χ4n) is 2.03. The molecule has 2 nitrogen and oxygen atoms in total. The van der Waals surface area contributed by atoms with Crippen LogP contribution < -0.4 is 5.32 Å². The Hall–Kier alpha value is -0.330. The third kappa shape index (κ3) is 3.61. The van der Waals surface area contributed by atoms with Crippen LogP contribution in [-0.2, 0) is 0 Å². The summed E-state index contributed by atoms with van der Waals surface area (Å²) in [5, 5.41) is 3.56. The maximum atomic E-state index is 5.74. The van der Waals surface area contributed by atoms with E-state index in [0.717, 1.165) is 23.4 Å². The average molecular weight is 434 g/mol. The summed E-state index contributed by atoms with van der Waals surface area (Å²) >= 11 is 5.79. The summed E-state index contributed by atoms with van der Waals surface area (Å²) in [6, 6.07) is 10.5. The predicted octanol–water partition coefficient (Wildman–Crippen LogP) is 5.04. The van der Waals surface area contributed by atoms with Crippen LogP contribution in [-0.4, -0.2) is 6.54 Å². The fourth-order valence-corrected chi connectivity index (χ4v) is 3.02. The number of hydrogen-bond donors (Lipinski definition) is 1. The van der Waals surface area contributed by atoms with Crippen LogP contribution in [0.25, 0.3) is 0 Å². The molecule has 0 saturated carbocycles. The van der Waals surface area contributed by atoms with Crippen molar-refractivity contribution in [3.8, 4) is 0 Å². The van der Waals surface area contributed by atoms with E-state index in [2.05, 4.69) is 75.9 Å². The molecule has 0 bridgehead atoms. The molecule has 0 aliphatic carbocycles. The quantitative estimate of drug-likeness (QED) is 0.668. The number of furan rings is 1. The van der Waals surface area contributed by atoms with E-state index >= 15 is 0 Å². The van der Waals surface area contributed by atoms with Gasteiger partial charge in [0.1, 0.15) is 5.76 Å². The summed E-state index contributed by atoms with van der Waals surface area (Å²) < 4.78 is 7.81. The predicted molar refractivity (Wildman–Crippen MR) is 90.4 cm³/mol. The third-order valence-electron chi connectivity index (χ3n) is 3.01. The SMILES string of the molecule is CCCNC(c1ccc(Br)o1)c1cccc(C)c1I. The van der Waals surface area contributed by atoms with Crippen LogP contribution in [0.15, 0.2) is 39.4 Å². The van der Waals surface area contributed by atoms with Crippen molar-refractivity contribution in [3.05, 3.63) is 55.5 Å². The van der Waals surface area contributed by atoms with Gasteiger partial charge < -0.3 is 9.73 Å². The molecule has 2 aromatic rings. The molecule has 0 aliphatic heterocycles. The van der Waals surface area contributed by atoms with Crippen LogP contribution in [0.4, 0.5) is 0 Å². The highest BCUT2D eigenvalue weighted by molar-refractivity contribution is 14.1. The second-order valence-corrected chi connectivity index (χ2v) is 6.37. The Morgan fingerprint density at radius 1 is 1.32 bits per heavy atom. The zero-order valence-corrected chi connectivity index (χ0v) is 14.8. The second kappa shape index (κ2) is 6.90. The van der Waals surface area contributed by atoms with Crippen molar-refractivity contribution in [1.29, 1.82) is 0 Å². The maximum Gasteiger partial charge on any atom is 0.169 e. The Kier molecular flexibility index (Phi) is 5.47. The lowest BCUT2D eigenvalue weighted by Gasteiger charge is -2.19. The molecule has 1 heterocycles. The van der Waals surface area contributed by atoms with Gasteiger partial charge >= 0.3 is 0 Å². The molecule has 1 aromatic carbocycles. The molecule has 0 saturated heterocycles. The molecule has 0 aliphatic rings. The molecule has 1 atom stereocenters. The van der Waals surface area contributed by atoms with Crippen LogP contribution in [0.2, 0.25) is 0 Å². The van der Waals surface area contributed by atoms with Crippen LogP contribution in [0, 0.1) is 10.5 Å². The Balaban J connectivity index is 2.39. The maximum absolute atomic E-state index is 5.74. The molecular weight excluding hydrogens is 417 g/mol. The van der Waals surface area contributed by atoms with Gasteiger partial charge in [0.15, 0.2) is 4.67 Å². The minimum Gasteiger partial charge on any atom is -0.452 e. The summed E-state index contributed by atoms with van der Waals surface area (Å²) in [7, 11) is 0. The molecule has 1 N–H and O–H groups in total. The highest BCUT2D eigenvalue weighted by Gasteiger charge is 2.20. The molecule has 2 rings (SSSR count). The van der Waals surface area contributed by atoms with E-state index in [1.54, 1.807) is 0 Å². The second-order valence-electron chi connectivity index (χ2n) is 4.51. The van der Waals surface area contributed by atoms with E-state index in [9.17, 15) is 0 Å². The molecule has 19 heavy (non-hydrogen) atoms. The van der Waals surface area contributed by atoms with Gasteiger partial charge in [-0.25, -0.2) is 0 Å². The largest absolute Gasteiger partial charge is 0.452 e. The average Bonchev–Trinajstić information content (AvgIpc) is 2.81. The molecule has 0 radical (unpaired) electrons. The first-order valence-electron chi connectivity index (χ1n) is 6.37. The smallest absolute Gasteiger partial charge is 0.169 e. The molecule has 1 unspecified atom stereocenters. The lowest BCUT2D eigenvalue weighted by molar-refractivity contribution is 0.432. The zero-order chi connectivity index (χ0) is 13.8. The number of rotatable bonds is 5.